The van der Waals surface area contributed by atoms with Crippen LogP contribution >= 0.6 is 0 Å². The molecule has 0 bridgehead atoms. The van der Waals surface area contributed by atoms with Crippen molar-refractivity contribution in [2.75, 3.05) is 11.4 Å². The summed E-state index contributed by atoms with van der Waals surface area (Å²) >= 11 is 0. The lowest BCUT2D eigenvalue weighted by molar-refractivity contribution is 0.588. The van der Waals surface area contributed by atoms with Crippen LogP contribution in [0.4, 0.5) is 5.69 Å². The first kappa shape index (κ1) is 22.4. The molecule has 0 atom stereocenters. The normalized spacial score (nSPS) is 13.9. The van der Waals surface area contributed by atoms with Gasteiger partial charge in [-0.05, 0) is 70.5 Å². The summed E-state index contributed by atoms with van der Waals surface area (Å²) in [6.07, 6.45) is 6.67. The number of hydrogen-bond acceptors (Lipinski definition) is 2. The summed E-state index contributed by atoms with van der Waals surface area (Å²) in [5, 5.41) is 0. The fourth-order valence-electron chi connectivity index (χ4n) is 4.02. The van der Waals surface area contributed by atoms with Crippen molar-refractivity contribution < 1.29 is 0 Å². The van der Waals surface area contributed by atoms with Crippen molar-refractivity contribution in [1.82, 2.24) is 0 Å². The predicted molar refractivity (Wildman–Crippen MR) is 132 cm³/mol. The average Bonchev–Trinajstić information content (AvgIpc) is 3.56. The van der Waals surface area contributed by atoms with Crippen molar-refractivity contribution in [3.63, 3.8) is 0 Å². The monoisotopic (exact) mass is 402 g/mol. The molecular weight excluding hydrogens is 364 g/mol. The van der Waals surface area contributed by atoms with Gasteiger partial charge < -0.3 is 10.6 Å². The number of benzene rings is 2. The van der Waals surface area contributed by atoms with E-state index in [0.29, 0.717) is 6.54 Å². The maximum Gasteiger partial charge on any atom is 0.0479 e. The van der Waals surface area contributed by atoms with E-state index in [1.165, 1.54) is 40.8 Å². The van der Waals surface area contributed by atoms with Gasteiger partial charge in [-0.25, -0.2) is 0 Å². The van der Waals surface area contributed by atoms with Crippen LogP contribution in [0.25, 0.3) is 6.08 Å². The molecule has 160 valence electrons. The van der Waals surface area contributed by atoms with Gasteiger partial charge in [-0.1, -0.05) is 77.6 Å². The van der Waals surface area contributed by atoms with Gasteiger partial charge in [-0.3, -0.25) is 0 Å². The largest absolute Gasteiger partial charge is 0.340 e. The van der Waals surface area contributed by atoms with Crippen LogP contribution in [0.3, 0.4) is 0 Å². The summed E-state index contributed by atoms with van der Waals surface area (Å²) in [7, 11) is 0. The zero-order valence-corrected chi connectivity index (χ0v) is 19.3. The zero-order chi connectivity index (χ0) is 21.9. The molecule has 0 aromatic heterocycles. The van der Waals surface area contributed by atoms with Crippen LogP contribution in [0.15, 0.2) is 55.3 Å². The summed E-state index contributed by atoms with van der Waals surface area (Å²) in [5.41, 5.74) is 15.1. The van der Waals surface area contributed by atoms with Crippen molar-refractivity contribution in [2.24, 2.45) is 5.73 Å². The molecule has 1 saturated carbocycles. The third kappa shape index (κ3) is 5.23. The van der Waals surface area contributed by atoms with Crippen LogP contribution < -0.4 is 10.6 Å². The molecule has 1 aliphatic rings. The van der Waals surface area contributed by atoms with Gasteiger partial charge in [0.1, 0.15) is 0 Å². The summed E-state index contributed by atoms with van der Waals surface area (Å²) < 4.78 is 0. The van der Waals surface area contributed by atoms with Crippen molar-refractivity contribution >= 4 is 11.8 Å². The third-order valence-corrected chi connectivity index (χ3v) is 6.04. The van der Waals surface area contributed by atoms with Gasteiger partial charge in [0, 0.05) is 24.5 Å². The molecule has 2 heteroatoms. The smallest absolute Gasteiger partial charge is 0.0479 e. The lowest BCUT2D eigenvalue weighted by Crippen LogP contribution is -2.27. The minimum absolute atomic E-state index is 0.133. The number of nitrogens with two attached hydrogens (primary N) is 1. The second-order valence-electron chi connectivity index (χ2n) is 9.69. The highest BCUT2D eigenvalue weighted by molar-refractivity contribution is 5.63. The summed E-state index contributed by atoms with van der Waals surface area (Å²) in [6, 6.07) is 13.8. The van der Waals surface area contributed by atoms with Crippen molar-refractivity contribution in [3.8, 4) is 0 Å². The molecule has 1 aliphatic carbocycles. The minimum Gasteiger partial charge on any atom is -0.340 e. The zero-order valence-electron chi connectivity index (χ0n) is 19.3. The van der Waals surface area contributed by atoms with E-state index in [9.17, 15) is 0 Å². The molecule has 2 aromatic rings. The Morgan fingerprint density at radius 2 is 1.90 bits per heavy atom. The Kier molecular flexibility index (Phi) is 6.88. The molecule has 0 heterocycles. The van der Waals surface area contributed by atoms with Crippen LogP contribution in [0.5, 0.6) is 0 Å². The minimum atomic E-state index is 0.133. The van der Waals surface area contributed by atoms with Crippen LogP contribution in [0, 0.1) is 0 Å². The molecule has 3 rings (SSSR count). The van der Waals surface area contributed by atoms with E-state index in [1.54, 1.807) is 0 Å². The Labute approximate surface area is 183 Å². The number of aryl methyl sites for hydroxylation is 1. The topological polar surface area (TPSA) is 29.3 Å². The van der Waals surface area contributed by atoms with E-state index in [1.807, 2.05) is 6.08 Å². The molecule has 0 radical (unpaired) electrons. The second kappa shape index (κ2) is 9.22. The van der Waals surface area contributed by atoms with E-state index in [0.717, 1.165) is 36.6 Å². The van der Waals surface area contributed by atoms with Crippen LogP contribution in [-0.4, -0.2) is 6.54 Å². The maximum absolute atomic E-state index is 6.07. The maximum atomic E-state index is 6.07. The molecule has 2 nitrogen and oxygen atoms in total. The van der Waals surface area contributed by atoms with Gasteiger partial charge in [0.05, 0.1) is 0 Å². The fourth-order valence-corrected chi connectivity index (χ4v) is 4.02. The Hall–Kier alpha value is -2.32. The number of rotatable bonds is 9. The first-order chi connectivity index (χ1) is 14.3. The first-order valence-electron chi connectivity index (χ1n) is 11.3. The highest BCUT2D eigenvalue weighted by Crippen LogP contribution is 2.42. The Balaban J connectivity index is 2.03. The van der Waals surface area contributed by atoms with Crippen molar-refractivity contribution in [1.29, 1.82) is 0 Å². The Morgan fingerprint density at radius 1 is 1.17 bits per heavy atom. The molecule has 2 aromatic carbocycles. The van der Waals surface area contributed by atoms with Crippen LogP contribution in [0.1, 0.15) is 80.7 Å². The summed E-state index contributed by atoms with van der Waals surface area (Å²) in [4.78, 5) is 2.32. The van der Waals surface area contributed by atoms with Crippen molar-refractivity contribution in [2.45, 2.75) is 71.3 Å². The SMILES string of the molecule is C=Cc1ccc(N(Cc2cc(C3CC3)cc(C(C)(C)C)c2)C(=C)CN)c(CCC)c1. The molecule has 0 unspecified atom stereocenters. The molecule has 0 spiro atoms. The predicted octanol–water partition coefficient (Wildman–Crippen LogP) is 6.94. The fraction of sp³-hybridized carbons (Fsp3) is 0.429. The molecule has 1 fully saturated rings. The highest BCUT2D eigenvalue weighted by atomic mass is 15.1. The van der Waals surface area contributed by atoms with E-state index in [-0.39, 0.29) is 5.41 Å². The average molecular weight is 403 g/mol. The number of anilines is 1. The van der Waals surface area contributed by atoms with E-state index < -0.39 is 0 Å². The molecular formula is C28H38N2. The van der Waals surface area contributed by atoms with Crippen molar-refractivity contribution in [3.05, 3.63) is 83.1 Å². The molecule has 0 aliphatic heterocycles. The van der Waals surface area contributed by atoms with Gasteiger partial charge in [0.25, 0.3) is 0 Å². The van der Waals surface area contributed by atoms with Gasteiger partial charge in [-0.2, -0.15) is 0 Å². The summed E-state index contributed by atoms with van der Waals surface area (Å²) in [5.74, 6) is 0.736. The molecule has 2 N–H and O–H groups in total. The third-order valence-electron chi connectivity index (χ3n) is 6.04. The Bertz CT molecular complexity index is 913. The Morgan fingerprint density at radius 3 is 2.47 bits per heavy atom. The molecule has 0 saturated heterocycles. The van der Waals surface area contributed by atoms with Gasteiger partial charge in [-0.15, -0.1) is 0 Å². The standard InChI is InChI=1S/C28H38N2/c1-7-9-24-14-21(8-2)10-13-27(24)30(20(3)18-29)19-22-15-25(23-11-12-23)17-26(16-22)28(4,5)6/h8,10,13-17,23H,2-3,7,9,11-12,18-19,29H2,1,4-6H3. The lowest BCUT2D eigenvalue weighted by Gasteiger charge is -2.30. The molecule has 0 amide bonds. The van der Waals surface area contributed by atoms with Crippen LogP contribution in [-0.2, 0) is 18.4 Å². The van der Waals surface area contributed by atoms with Gasteiger partial charge >= 0.3 is 0 Å². The number of hydrogen-bond donors (Lipinski definition) is 1. The first-order valence-corrected chi connectivity index (χ1v) is 11.3. The lowest BCUT2D eigenvalue weighted by atomic mass is 9.84. The van der Waals surface area contributed by atoms with Gasteiger partial charge in [0.2, 0.25) is 0 Å². The highest BCUT2D eigenvalue weighted by Gasteiger charge is 2.26. The van der Waals surface area contributed by atoms with Crippen LogP contribution in [0.2, 0.25) is 0 Å². The second-order valence-corrected chi connectivity index (χ2v) is 9.69. The summed E-state index contributed by atoms with van der Waals surface area (Å²) in [6.45, 7) is 18.6. The van der Waals surface area contributed by atoms with E-state index >= 15 is 0 Å². The van der Waals surface area contributed by atoms with Gasteiger partial charge in [0.15, 0.2) is 0 Å². The number of nitrogens with zero attached hydrogens (tertiary/aromatic N) is 1. The quantitative estimate of drug-likeness (QED) is 0.492. The van der Waals surface area contributed by atoms with E-state index in [2.05, 4.69) is 82.2 Å². The van der Waals surface area contributed by atoms with E-state index in [4.69, 9.17) is 5.73 Å². The molecule has 30 heavy (non-hydrogen) atoms.